The lowest BCUT2D eigenvalue weighted by molar-refractivity contribution is -0.118. The maximum absolute atomic E-state index is 14.1. The second-order valence-corrected chi connectivity index (χ2v) is 9.06. The number of aromatic nitrogens is 2. The molecule has 3 heterocycles. The van der Waals surface area contributed by atoms with Gasteiger partial charge in [0.05, 0.1) is 0 Å². The summed E-state index contributed by atoms with van der Waals surface area (Å²) in [6.45, 7) is 0. The van der Waals surface area contributed by atoms with E-state index in [0.717, 1.165) is 48.7 Å². The first kappa shape index (κ1) is 18.5. The van der Waals surface area contributed by atoms with Gasteiger partial charge in [0.1, 0.15) is 5.41 Å². The van der Waals surface area contributed by atoms with Crippen LogP contribution in [0.3, 0.4) is 0 Å². The lowest BCUT2D eigenvalue weighted by Gasteiger charge is -2.28. The van der Waals surface area contributed by atoms with Gasteiger partial charge in [0.25, 0.3) is 0 Å². The predicted molar refractivity (Wildman–Crippen MR) is 128 cm³/mol. The van der Waals surface area contributed by atoms with E-state index in [2.05, 4.69) is 67.0 Å². The Hall–Kier alpha value is -3.31. The fourth-order valence-corrected chi connectivity index (χ4v) is 5.94. The minimum absolute atomic E-state index is 0.0258. The van der Waals surface area contributed by atoms with Gasteiger partial charge in [0, 0.05) is 75.1 Å². The van der Waals surface area contributed by atoms with Crippen LogP contribution in [-0.4, -0.2) is 15.0 Å². The van der Waals surface area contributed by atoms with E-state index in [0.29, 0.717) is 0 Å². The zero-order valence-electron chi connectivity index (χ0n) is 17.2. The van der Waals surface area contributed by atoms with E-state index in [-0.39, 0.29) is 5.91 Å². The number of carbonyl (C=O) groups is 1. The maximum Gasteiger partial charge on any atom is 0.244 e. The molecule has 1 amide bonds. The molecule has 0 unspecified atom stereocenters. The summed E-state index contributed by atoms with van der Waals surface area (Å²) in [5.74, 6) is -0.0258. The number of benzene rings is 3. The number of halogens is 1. The van der Waals surface area contributed by atoms with Crippen molar-refractivity contribution < 1.29 is 4.79 Å². The molecule has 5 heteroatoms. The van der Waals surface area contributed by atoms with E-state index in [1.807, 2.05) is 56.6 Å². The highest BCUT2D eigenvalue weighted by molar-refractivity contribution is 9.10. The summed E-state index contributed by atoms with van der Waals surface area (Å²) in [6, 6.07) is 22.5. The topological polar surface area (TPSA) is 39.0 Å². The van der Waals surface area contributed by atoms with Crippen LogP contribution in [0.15, 0.2) is 83.6 Å². The fraction of sp³-hybridized carbons (Fsp3) is 0.115. The highest BCUT2D eigenvalue weighted by Gasteiger charge is 2.53. The molecule has 0 spiro atoms. The van der Waals surface area contributed by atoms with Gasteiger partial charge in [0.2, 0.25) is 5.91 Å². The molecule has 31 heavy (non-hydrogen) atoms. The molecule has 1 aliphatic rings. The molecule has 5 aromatic rings. The van der Waals surface area contributed by atoms with Crippen LogP contribution in [0.2, 0.25) is 0 Å². The van der Waals surface area contributed by atoms with Crippen LogP contribution in [0.25, 0.3) is 21.8 Å². The van der Waals surface area contributed by atoms with Crippen molar-refractivity contribution in [2.45, 2.75) is 5.41 Å². The Kier molecular flexibility index (Phi) is 3.78. The van der Waals surface area contributed by atoms with Crippen LogP contribution in [0.4, 0.5) is 5.69 Å². The van der Waals surface area contributed by atoms with E-state index >= 15 is 0 Å². The zero-order valence-corrected chi connectivity index (χ0v) is 18.8. The van der Waals surface area contributed by atoms with Crippen LogP contribution < -0.4 is 5.32 Å². The zero-order chi connectivity index (χ0) is 21.3. The molecule has 0 fully saturated rings. The maximum atomic E-state index is 14.1. The summed E-state index contributed by atoms with van der Waals surface area (Å²) >= 11 is 3.78. The standard InChI is InChI=1S/C26H20BrN3O/c1-29-14-18(16-8-3-5-12-22(16)29)26(19-15-30(2)23-13-6-4-9-17(19)23)24-20(27)10-7-11-21(24)28-25(26)31/h3-15H,1-2H3,(H,28,31). The third-order valence-electron chi connectivity index (χ3n) is 6.58. The highest BCUT2D eigenvalue weighted by atomic mass is 79.9. The van der Waals surface area contributed by atoms with Gasteiger partial charge in [-0.05, 0) is 24.3 Å². The van der Waals surface area contributed by atoms with E-state index in [1.54, 1.807) is 0 Å². The molecule has 0 aliphatic carbocycles. The second-order valence-electron chi connectivity index (χ2n) is 8.21. The van der Waals surface area contributed by atoms with Crippen molar-refractivity contribution in [1.82, 2.24) is 9.13 Å². The molecular weight excluding hydrogens is 450 g/mol. The lowest BCUT2D eigenvalue weighted by atomic mass is 9.70. The normalized spacial score (nSPS) is 14.9. The number of amides is 1. The van der Waals surface area contributed by atoms with Crippen LogP contribution in [0, 0.1) is 0 Å². The molecule has 0 radical (unpaired) electrons. The number of hydrogen-bond donors (Lipinski definition) is 1. The predicted octanol–water partition coefficient (Wildman–Crippen LogP) is 5.72. The average Bonchev–Trinajstić information content (AvgIpc) is 3.39. The van der Waals surface area contributed by atoms with E-state index < -0.39 is 5.41 Å². The van der Waals surface area contributed by atoms with Crippen molar-refractivity contribution in [3.8, 4) is 0 Å². The Morgan fingerprint density at radius 2 is 1.32 bits per heavy atom. The Balaban J connectivity index is 1.85. The van der Waals surface area contributed by atoms with E-state index in [9.17, 15) is 4.79 Å². The molecular formula is C26H20BrN3O. The monoisotopic (exact) mass is 469 g/mol. The van der Waals surface area contributed by atoms with Gasteiger partial charge in [-0.1, -0.05) is 58.4 Å². The van der Waals surface area contributed by atoms with Crippen LogP contribution >= 0.6 is 15.9 Å². The van der Waals surface area contributed by atoms with Gasteiger partial charge in [-0.25, -0.2) is 0 Å². The van der Waals surface area contributed by atoms with Gasteiger partial charge in [-0.3, -0.25) is 4.79 Å². The summed E-state index contributed by atoms with van der Waals surface area (Å²) < 4.78 is 5.14. The number of anilines is 1. The first-order chi connectivity index (χ1) is 15.0. The number of nitrogens with one attached hydrogen (secondary N) is 1. The largest absolute Gasteiger partial charge is 0.350 e. The molecule has 152 valence electrons. The Morgan fingerprint density at radius 1 is 0.774 bits per heavy atom. The quantitative estimate of drug-likeness (QED) is 0.352. The second kappa shape index (κ2) is 6.34. The smallest absolute Gasteiger partial charge is 0.244 e. The van der Waals surface area contributed by atoms with Crippen molar-refractivity contribution in [2.24, 2.45) is 14.1 Å². The van der Waals surface area contributed by atoms with Gasteiger partial charge in [0.15, 0.2) is 0 Å². The fourth-order valence-electron chi connectivity index (χ4n) is 5.28. The molecule has 2 aromatic heterocycles. The minimum Gasteiger partial charge on any atom is -0.350 e. The van der Waals surface area contributed by atoms with Crippen molar-refractivity contribution >= 4 is 49.3 Å². The lowest BCUT2D eigenvalue weighted by Crippen LogP contribution is -2.37. The summed E-state index contributed by atoms with van der Waals surface area (Å²) in [4.78, 5) is 14.1. The summed E-state index contributed by atoms with van der Waals surface area (Å²) in [5, 5.41) is 5.35. The summed E-state index contributed by atoms with van der Waals surface area (Å²) in [6.07, 6.45) is 4.22. The van der Waals surface area contributed by atoms with Crippen LogP contribution in [0.5, 0.6) is 0 Å². The number of nitrogens with zero attached hydrogens (tertiary/aromatic N) is 2. The third-order valence-corrected chi connectivity index (χ3v) is 7.24. The molecule has 3 aromatic carbocycles. The Labute approximate surface area is 188 Å². The molecule has 0 atom stereocenters. The number of rotatable bonds is 2. The first-order valence-corrected chi connectivity index (χ1v) is 11.0. The molecule has 0 bridgehead atoms. The Morgan fingerprint density at radius 3 is 1.90 bits per heavy atom. The summed E-state index contributed by atoms with van der Waals surface area (Å²) in [7, 11) is 4.08. The van der Waals surface area contributed by atoms with Crippen LogP contribution in [-0.2, 0) is 24.3 Å². The Bertz CT molecular complexity index is 1440. The van der Waals surface area contributed by atoms with Crippen molar-refractivity contribution in [3.63, 3.8) is 0 Å². The average molecular weight is 470 g/mol. The van der Waals surface area contributed by atoms with Crippen LogP contribution in [0.1, 0.15) is 16.7 Å². The van der Waals surface area contributed by atoms with E-state index in [1.165, 1.54) is 0 Å². The number of hydrogen-bond acceptors (Lipinski definition) is 1. The number of para-hydroxylation sites is 2. The number of fused-ring (bicyclic) bond motifs is 3. The van der Waals surface area contributed by atoms with Crippen molar-refractivity contribution in [3.05, 3.63) is 100 Å². The minimum atomic E-state index is -0.975. The van der Waals surface area contributed by atoms with Gasteiger partial charge >= 0.3 is 0 Å². The highest BCUT2D eigenvalue weighted by Crippen LogP contribution is 2.54. The number of carbonyl (C=O) groups excluding carboxylic acids is 1. The van der Waals surface area contributed by atoms with Crippen molar-refractivity contribution in [1.29, 1.82) is 0 Å². The van der Waals surface area contributed by atoms with Crippen molar-refractivity contribution in [2.75, 3.05) is 5.32 Å². The third kappa shape index (κ3) is 2.27. The van der Waals surface area contributed by atoms with Gasteiger partial charge in [-0.2, -0.15) is 0 Å². The summed E-state index contributed by atoms with van der Waals surface area (Å²) in [5.41, 5.74) is 5.02. The molecule has 0 saturated carbocycles. The molecule has 4 nitrogen and oxygen atoms in total. The molecule has 1 N–H and O–H groups in total. The SMILES string of the molecule is Cn1cc(C2(c3cn(C)c4ccccc34)C(=O)Nc3cccc(Br)c32)c2ccccc21. The van der Waals surface area contributed by atoms with Gasteiger partial charge in [-0.15, -0.1) is 0 Å². The molecule has 0 saturated heterocycles. The first-order valence-electron chi connectivity index (χ1n) is 10.2. The van der Waals surface area contributed by atoms with E-state index in [4.69, 9.17) is 0 Å². The molecule has 1 aliphatic heterocycles. The van der Waals surface area contributed by atoms with Gasteiger partial charge < -0.3 is 14.5 Å². The number of aryl methyl sites for hydroxylation is 2. The molecule has 6 rings (SSSR count).